The highest BCUT2D eigenvalue weighted by atomic mass is 16.5. The zero-order valence-corrected chi connectivity index (χ0v) is 11.7. The molecule has 1 amide bonds. The van der Waals surface area contributed by atoms with Gasteiger partial charge in [0.05, 0.1) is 12.0 Å². The summed E-state index contributed by atoms with van der Waals surface area (Å²) in [6.07, 6.45) is 0.349. The van der Waals surface area contributed by atoms with Crippen LogP contribution in [0.2, 0.25) is 0 Å². The second-order valence-corrected chi connectivity index (χ2v) is 5.82. The fourth-order valence-corrected chi connectivity index (χ4v) is 2.02. The van der Waals surface area contributed by atoms with E-state index < -0.39 is 5.60 Å². The number of benzene rings is 1. The Balaban J connectivity index is 2.27. The van der Waals surface area contributed by atoms with Gasteiger partial charge in [0.2, 0.25) is 5.91 Å². The zero-order chi connectivity index (χ0) is 14.2. The Morgan fingerprint density at radius 3 is 2.68 bits per heavy atom. The first-order valence-electron chi connectivity index (χ1n) is 6.46. The number of anilines is 1. The maximum atomic E-state index is 12.1. The van der Waals surface area contributed by atoms with Gasteiger partial charge in [0.1, 0.15) is 11.4 Å². The van der Waals surface area contributed by atoms with Crippen molar-refractivity contribution in [3.8, 4) is 5.75 Å². The molecule has 4 nitrogen and oxygen atoms in total. The number of Topliss-reactive ketones (excluding diaryl/α,β-unsaturated/α-hetero) is 1. The number of carbonyl (C=O) groups excluding carboxylic acids is 2. The monoisotopic (exact) mass is 261 g/mol. The highest BCUT2D eigenvalue weighted by molar-refractivity contribution is 6.02. The van der Waals surface area contributed by atoms with Gasteiger partial charge < -0.3 is 10.1 Å². The Morgan fingerprint density at radius 1 is 1.37 bits per heavy atom. The molecule has 19 heavy (non-hydrogen) atoms. The largest absolute Gasteiger partial charge is 0.487 e. The molecule has 1 aromatic rings. The van der Waals surface area contributed by atoms with E-state index in [4.69, 9.17) is 4.74 Å². The number of amides is 1. The average molecular weight is 261 g/mol. The van der Waals surface area contributed by atoms with Crippen LogP contribution in [-0.4, -0.2) is 17.3 Å². The lowest BCUT2D eigenvalue weighted by atomic mass is 9.93. The van der Waals surface area contributed by atoms with Gasteiger partial charge in [-0.1, -0.05) is 13.8 Å². The third-order valence-corrected chi connectivity index (χ3v) is 3.04. The van der Waals surface area contributed by atoms with Gasteiger partial charge in [0.15, 0.2) is 5.78 Å². The Labute approximate surface area is 113 Å². The number of ether oxygens (including phenoxy) is 1. The summed E-state index contributed by atoms with van der Waals surface area (Å²) in [7, 11) is 0. The molecule has 2 rings (SSSR count). The summed E-state index contributed by atoms with van der Waals surface area (Å²) in [5, 5.41) is 2.79. The van der Waals surface area contributed by atoms with Crippen molar-refractivity contribution in [2.75, 3.05) is 5.32 Å². The molecule has 0 aromatic heterocycles. The first-order valence-corrected chi connectivity index (χ1v) is 6.46. The van der Waals surface area contributed by atoms with E-state index >= 15 is 0 Å². The second kappa shape index (κ2) is 4.68. The van der Waals surface area contributed by atoms with E-state index in [-0.39, 0.29) is 17.6 Å². The standard InChI is InChI=1S/C15H19NO3/c1-9(2)14(18)16-10-5-6-13-11(7-10)12(17)8-15(3,4)19-13/h5-7,9H,8H2,1-4H3,(H,16,18). The van der Waals surface area contributed by atoms with Crippen LogP contribution in [0.1, 0.15) is 44.5 Å². The molecule has 0 saturated carbocycles. The van der Waals surface area contributed by atoms with E-state index in [0.29, 0.717) is 23.4 Å². The summed E-state index contributed by atoms with van der Waals surface area (Å²) in [6, 6.07) is 5.19. The number of hydrogen-bond acceptors (Lipinski definition) is 3. The first-order chi connectivity index (χ1) is 8.78. The number of rotatable bonds is 2. The molecule has 0 radical (unpaired) electrons. The predicted molar refractivity (Wildman–Crippen MR) is 73.6 cm³/mol. The van der Waals surface area contributed by atoms with Crippen LogP contribution in [0.15, 0.2) is 18.2 Å². The lowest BCUT2D eigenvalue weighted by Crippen LogP contribution is -2.35. The van der Waals surface area contributed by atoms with E-state index in [1.54, 1.807) is 18.2 Å². The fourth-order valence-electron chi connectivity index (χ4n) is 2.02. The van der Waals surface area contributed by atoms with Crippen molar-refractivity contribution < 1.29 is 14.3 Å². The summed E-state index contributed by atoms with van der Waals surface area (Å²) in [4.78, 5) is 23.7. The van der Waals surface area contributed by atoms with Crippen molar-refractivity contribution in [1.29, 1.82) is 0 Å². The Morgan fingerprint density at radius 2 is 2.05 bits per heavy atom. The van der Waals surface area contributed by atoms with E-state index in [2.05, 4.69) is 5.32 Å². The van der Waals surface area contributed by atoms with Gasteiger partial charge in [-0.15, -0.1) is 0 Å². The van der Waals surface area contributed by atoms with Crippen LogP contribution >= 0.6 is 0 Å². The molecule has 102 valence electrons. The molecule has 1 aromatic carbocycles. The molecular weight excluding hydrogens is 242 g/mol. The van der Waals surface area contributed by atoms with Crippen molar-refractivity contribution >= 4 is 17.4 Å². The van der Waals surface area contributed by atoms with Crippen LogP contribution < -0.4 is 10.1 Å². The van der Waals surface area contributed by atoms with Gasteiger partial charge in [-0.05, 0) is 32.0 Å². The Hall–Kier alpha value is -1.84. The second-order valence-electron chi connectivity index (χ2n) is 5.82. The summed E-state index contributed by atoms with van der Waals surface area (Å²) < 4.78 is 5.76. The lowest BCUT2D eigenvalue weighted by molar-refractivity contribution is -0.118. The molecule has 1 heterocycles. The molecule has 0 unspecified atom stereocenters. The smallest absolute Gasteiger partial charge is 0.226 e. The van der Waals surface area contributed by atoms with Gasteiger partial charge in [0, 0.05) is 11.6 Å². The van der Waals surface area contributed by atoms with Crippen LogP contribution in [0.3, 0.4) is 0 Å². The molecule has 0 saturated heterocycles. The van der Waals surface area contributed by atoms with Gasteiger partial charge in [-0.25, -0.2) is 0 Å². The topological polar surface area (TPSA) is 55.4 Å². The lowest BCUT2D eigenvalue weighted by Gasteiger charge is -2.31. The number of carbonyl (C=O) groups is 2. The summed E-state index contributed by atoms with van der Waals surface area (Å²) in [5.41, 5.74) is 0.710. The van der Waals surface area contributed by atoms with Crippen molar-refractivity contribution in [3.63, 3.8) is 0 Å². The summed E-state index contributed by atoms with van der Waals surface area (Å²) in [5.74, 6) is 0.474. The molecule has 0 aliphatic carbocycles. The molecule has 4 heteroatoms. The number of ketones is 1. The van der Waals surface area contributed by atoms with Gasteiger partial charge >= 0.3 is 0 Å². The number of nitrogens with one attached hydrogen (secondary N) is 1. The van der Waals surface area contributed by atoms with E-state index in [1.165, 1.54) is 0 Å². The minimum Gasteiger partial charge on any atom is -0.487 e. The highest BCUT2D eigenvalue weighted by Gasteiger charge is 2.32. The molecule has 1 aliphatic rings. The van der Waals surface area contributed by atoms with Crippen LogP contribution in [0.4, 0.5) is 5.69 Å². The third kappa shape index (κ3) is 2.95. The summed E-state index contributed by atoms with van der Waals surface area (Å²) in [6.45, 7) is 7.43. The highest BCUT2D eigenvalue weighted by Crippen LogP contribution is 2.34. The minimum atomic E-state index is -0.465. The quantitative estimate of drug-likeness (QED) is 0.890. The van der Waals surface area contributed by atoms with Crippen molar-refractivity contribution in [3.05, 3.63) is 23.8 Å². The Kier molecular flexibility index (Phi) is 3.35. The molecule has 0 fully saturated rings. The normalized spacial score (nSPS) is 16.8. The first kappa shape index (κ1) is 13.6. The van der Waals surface area contributed by atoms with E-state index in [0.717, 1.165) is 0 Å². The van der Waals surface area contributed by atoms with Crippen molar-refractivity contribution in [1.82, 2.24) is 0 Å². The third-order valence-electron chi connectivity index (χ3n) is 3.04. The van der Waals surface area contributed by atoms with Gasteiger partial charge in [0.25, 0.3) is 0 Å². The Bertz CT molecular complexity index is 532. The maximum absolute atomic E-state index is 12.1. The molecule has 0 spiro atoms. The predicted octanol–water partition coefficient (Wildman–Crippen LogP) is 3.02. The van der Waals surface area contributed by atoms with E-state index in [9.17, 15) is 9.59 Å². The van der Waals surface area contributed by atoms with Gasteiger partial charge in [-0.3, -0.25) is 9.59 Å². The van der Waals surface area contributed by atoms with Crippen molar-refractivity contribution in [2.24, 2.45) is 5.92 Å². The molecule has 1 N–H and O–H groups in total. The average Bonchev–Trinajstić information content (AvgIpc) is 2.28. The van der Waals surface area contributed by atoms with Crippen LogP contribution in [0.25, 0.3) is 0 Å². The number of fused-ring (bicyclic) bond motifs is 1. The summed E-state index contributed by atoms with van der Waals surface area (Å²) >= 11 is 0. The maximum Gasteiger partial charge on any atom is 0.226 e. The van der Waals surface area contributed by atoms with E-state index in [1.807, 2.05) is 27.7 Å². The number of hydrogen-bond donors (Lipinski definition) is 1. The van der Waals surface area contributed by atoms with Crippen LogP contribution in [-0.2, 0) is 4.79 Å². The van der Waals surface area contributed by atoms with Crippen molar-refractivity contribution in [2.45, 2.75) is 39.7 Å². The zero-order valence-electron chi connectivity index (χ0n) is 11.7. The fraction of sp³-hybridized carbons (Fsp3) is 0.467. The van der Waals surface area contributed by atoms with Crippen LogP contribution in [0.5, 0.6) is 5.75 Å². The SMILES string of the molecule is CC(C)C(=O)Nc1ccc2c(c1)C(=O)CC(C)(C)O2. The molecule has 1 aliphatic heterocycles. The molecule has 0 atom stereocenters. The van der Waals surface area contributed by atoms with Crippen LogP contribution in [0, 0.1) is 5.92 Å². The van der Waals surface area contributed by atoms with Gasteiger partial charge in [-0.2, -0.15) is 0 Å². The minimum absolute atomic E-state index is 0.0481. The molecular formula is C15H19NO3. The molecule has 0 bridgehead atoms.